The second kappa shape index (κ2) is 6.44. The van der Waals surface area contributed by atoms with E-state index in [1.165, 1.54) is 19.2 Å². The fourth-order valence-corrected chi connectivity index (χ4v) is 4.93. The van der Waals surface area contributed by atoms with E-state index in [2.05, 4.69) is 0 Å². The van der Waals surface area contributed by atoms with Gasteiger partial charge in [0.2, 0.25) is 10.0 Å². The number of benzene rings is 1. The lowest BCUT2D eigenvalue weighted by Gasteiger charge is -2.36. The van der Waals surface area contributed by atoms with Crippen LogP contribution in [0.4, 0.5) is 0 Å². The zero-order valence-corrected chi connectivity index (χ0v) is 13.9. The molecule has 1 aliphatic heterocycles. The van der Waals surface area contributed by atoms with E-state index in [0.29, 0.717) is 18.6 Å². The molecule has 1 aliphatic rings. The van der Waals surface area contributed by atoms with E-state index in [-0.39, 0.29) is 22.4 Å². The Balaban J connectivity index is 2.51. The van der Waals surface area contributed by atoms with Crippen molar-refractivity contribution in [1.29, 1.82) is 0 Å². The van der Waals surface area contributed by atoms with E-state index in [0.717, 1.165) is 4.31 Å². The second-order valence-corrected chi connectivity index (χ2v) is 7.58. The van der Waals surface area contributed by atoms with Crippen LogP contribution in [-0.2, 0) is 14.8 Å². The summed E-state index contributed by atoms with van der Waals surface area (Å²) in [6, 6.07) is 3.21. The molecule has 2 rings (SSSR count). The average molecular weight is 348 g/mol. The van der Waals surface area contributed by atoms with Gasteiger partial charge in [-0.25, -0.2) is 8.42 Å². The van der Waals surface area contributed by atoms with Gasteiger partial charge in [-0.2, -0.15) is 4.31 Å². The van der Waals surface area contributed by atoms with E-state index in [4.69, 9.17) is 16.3 Å². The van der Waals surface area contributed by atoms with E-state index < -0.39 is 22.0 Å². The number of hydrogen-bond acceptors (Lipinski definition) is 4. The maximum Gasteiger partial charge on any atom is 0.322 e. The topological polar surface area (TPSA) is 83.9 Å². The Hall–Kier alpha value is -1.31. The van der Waals surface area contributed by atoms with Crippen LogP contribution in [0.2, 0.25) is 5.02 Å². The van der Waals surface area contributed by atoms with Gasteiger partial charge in [0.25, 0.3) is 0 Å². The van der Waals surface area contributed by atoms with Crippen LogP contribution in [0.1, 0.15) is 19.8 Å². The summed E-state index contributed by atoms with van der Waals surface area (Å²) in [6.07, 6.45) is 1.29. The Morgan fingerprint density at radius 1 is 1.45 bits per heavy atom. The van der Waals surface area contributed by atoms with E-state index in [1.54, 1.807) is 13.0 Å². The number of piperidine rings is 1. The monoisotopic (exact) mass is 347 g/mol. The summed E-state index contributed by atoms with van der Waals surface area (Å²) in [5, 5.41) is 9.44. The molecule has 1 aromatic carbocycles. The summed E-state index contributed by atoms with van der Waals surface area (Å²) < 4.78 is 31.8. The first-order valence-corrected chi connectivity index (χ1v) is 8.69. The number of halogens is 1. The Kier molecular flexibility index (Phi) is 4.99. The fourth-order valence-electron chi connectivity index (χ4n) is 2.72. The summed E-state index contributed by atoms with van der Waals surface area (Å²) >= 11 is 6.01. The van der Waals surface area contributed by atoms with Gasteiger partial charge in [-0.15, -0.1) is 0 Å². The lowest BCUT2D eigenvalue weighted by atomic mass is 9.93. The molecule has 0 aromatic heterocycles. The van der Waals surface area contributed by atoms with E-state index in [1.807, 2.05) is 0 Å². The third-order valence-corrected chi connectivity index (χ3v) is 6.23. The molecule has 0 amide bonds. The smallest absolute Gasteiger partial charge is 0.322 e. The molecule has 22 heavy (non-hydrogen) atoms. The predicted molar refractivity (Wildman–Crippen MR) is 81.7 cm³/mol. The number of carboxylic acids is 1. The van der Waals surface area contributed by atoms with Crippen LogP contribution in [0.5, 0.6) is 5.75 Å². The highest BCUT2D eigenvalue weighted by Crippen LogP contribution is 2.33. The highest BCUT2D eigenvalue weighted by molar-refractivity contribution is 7.89. The maximum atomic E-state index is 12.9. The van der Waals surface area contributed by atoms with Crippen LogP contribution < -0.4 is 4.74 Å². The average Bonchev–Trinajstić information content (AvgIpc) is 2.46. The van der Waals surface area contributed by atoms with Crippen molar-refractivity contribution in [3.05, 3.63) is 23.2 Å². The quantitative estimate of drug-likeness (QED) is 0.902. The minimum absolute atomic E-state index is 0.0446. The van der Waals surface area contributed by atoms with Crippen LogP contribution in [0.25, 0.3) is 0 Å². The zero-order valence-electron chi connectivity index (χ0n) is 12.3. The van der Waals surface area contributed by atoms with Crippen LogP contribution in [0.3, 0.4) is 0 Å². The first-order chi connectivity index (χ1) is 10.3. The van der Waals surface area contributed by atoms with Gasteiger partial charge in [0.05, 0.1) is 12.1 Å². The molecule has 1 aromatic rings. The largest absolute Gasteiger partial charge is 0.497 e. The van der Waals surface area contributed by atoms with Gasteiger partial charge in [0.15, 0.2) is 0 Å². The highest BCUT2D eigenvalue weighted by atomic mass is 35.5. The standard InChI is InChI=1S/C14H18ClNO5S/c1-9-4-3-7-16(13(9)14(17)18)22(19,20)12-8-10(21-2)5-6-11(12)15/h5-6,8-9,13H,3-4,7H2,1-2H3,(H,17,18). The predicted octanol–water partition coefficient (Wildman–Crippen LogP) is 2.22. The maximum absolute atomic E-state index is 12.9. The molecule has 0 saturated carbocycles. The third kappa shape index (κ3) is 3.06. The number of methoxy groups -OCH3 is 1. The molecular formula is C14H18ClNO5S. The number of rotatable bonds is 4. The Morgan fingerprint density at radius 3 is 2.73 bits per heavy atom. The van der Waals surface area contributed by atoms with Crippen LogP contribution in [-0.4, -0.2) is 43.5 Å². The Labute approximate surface area is 134 Å². The number of carboxylic acid groups (broad SMARTS) is 1. The molecule has 122 valence electrons. The van der Waals surface area contributed by atoms with Crippen molar-refractivity contribution in [3.8, 4) is 5.75 Å². The number of aliphatic carboxylic acids is 1. The van der Waals surface area contributed by atoms with Crippen molar-refractivity contribution in [2.45, 2.75) is 30.7 Å². The van der Waals surface area contributed by atoms with Gasteiger partial charge in [0.1, 0.15) is 16.7 Å². The highest BCUT2D eigenvalue weighted by Gasteiger charge is 2.42. The molecule has 8 heteroatoms. The summed E-state index contributed by atoms with van der Waals surface area (Å²) in [5.74, 6) is -1.06. The lowest BCUT2D eigenvalue weighted by molar-refractivity contribution is -0.144. The van der Waals surface area contributed by atoms with Crippen molar-refractivity contribution in [2.75, 3.05) is 13.7 Å². The Morgan fingerprint density at radius 2 is 2.14 bits per heavy atom. The summed E-state index contributed by atoms with van der Waals surface area (Å²) in [4.78, 5) is 11.4. The van der Waals surface area contributed by atoms with Crippen LogP contribution in [0.15, 0.2) is 23.1 Å². The number of ether oxygens (including phenoxy) is 1. The molecule has 0 spiro atoms. The van der Waals surface area contributed by atoms with Crippen LogP contribution >= 0.6 is 11.6 Å². The molecule has 1 fully saturated rings. The van der Waals surface area contributed by atoms with E-state index in [9.17, 15) is 18.3 Å². The normalized spacial score (nSPS) is 23.2. The van der Waals surface area contributed by atoms with Crippen molar-refractivity contribution >= 4 is 27.6 Å². The minimum atomic E-state index is -4.01. The minimum Gasteiger partial charge on any atom is -0.497 e. The molecule has 0 aliphatic carbocycles. The SMILES string of the molecule is COc1ccc(Cl)c(S(=O)(=O)N2CCCC(C)C2C(=O)O)c1. The molecule has 1 saturated heterocycles. The number of nitrogens with zero attached hydrogens (tertiary/aromatic N) is 1. The first kappa shape index (κ1) is 17.1. The van der Waals surface area contributed by atoms with Crippen molar-refractivity contribution in [2.24, 2.45) is 5.92 Å². The second-order valence-electron chi connectivity index (χ2n) is 5.31. The van der Waals surface area contributed by atoms with Crippen molar-refractivity contribution in [1.82, 2.24) is 4.31 Å². The zero-order chi connectivity index (χ0) is 16.5. The number of sulfonamides is 1. The third-order valence-electron chi connectivity index (χ3n) is 3.87. The summed E-state index contributed by atoms with van der Waals surface area (Å²) in [7, 11) is -2.59. The Bertz CT molecular complexity index is 676. The van der Waals surface area contributed by atoms with Gasteiger partial charge < -0.3 is 9.84 Å². The molecule has 1 heterocycles. The first-order valence-electron chi connectivity index (χ1n) is 6.87. The molecule has 1 N–H and O–H groups in total. The molecule has 6 nitrogen and oxygen atoms in total. The fraction of sp³-hybridized carbons (Fsp3) is 0.500. The van der Waals surface area contributed by atoms with Crippen molar-refractivity contribution in [3.63, 3.8) is 0 Å². The van der Waals surface area contributed by atoms with Gasteiger partial charge >= 0.3 is 5.97 Å². The molecule has 0 radical (unpaired) electrons. The number of carbonyl (C=O) groups is 1. The summed E-state index contributed by atoms with van der Waals surface area (Å²) in [5.41, 5.74) is 0. The summed E-state index contributed by atoms with van der Waals surface area (Å²) in [6.45, 7) is 1.91. The van der Waals surface area contributed by atoms with Crippen molar-refractivity contribution < 1.29 is 23.1 Å². The van der Waals surface area contributed by atoms with Gasteiger partial charge in [-0.05, 0) is 30.9 Å². The van der Waals surface area contributed by atoms with Gasteiger partial charge in [-0.1, -0.05) is 18.5 Å². The molecule has 2 unspecified atom stereocenters. The molecular weight excluding hydrogens is 330 g/mol. The van der Waals surface area contributed by atoms with E-state index >= 15 is 0 Å². The molecule has 0 bridgehead atoms. The van der Waals surface area contributed by atoms with Gasteiger partial charge in [0, 0.05) is 12.6 Å². The van der Waals surface area contributed by atoms with Crippen LogP contribution in [0, 0.1) is 5.92 Å². The van der Waals surface area contributed by atoms with Gasteiger partial charge in [-0.3, -0.25) is 4.79 Å². The lowest BCUT2D eigenvalue weighted by Crippen LogP contribution is -2.51. The number of hydrogen-bond donors (Lipinski definition) is 1. The molecule has 2 atom stereocenters.